The molecule has 1 aromatic carbocycles. The lowest BCUT2D eigenvalue weighted by molar-refractivity contribution is 0.171. The van der Waals surface area contributed by atoms with Crippen molar-refractivity contribution in [3.05, 3.63) is 45.1 Å². The number of benzene rings is 1. The summed E-state index contributed by atoms with van der Waals surface area (Å²) in [6.07, 6.45) is 0. The molecule has 20 heavy (non-hydrogen) atoms. The summed E-state index contributed by atoms with van der Waals surface area (Å²) in [5, 5.41) is 0. The Bertz CT molecular complexity index is 605. The predicted octanol–water partition coefficient (Wildman–Crippen LogP) is 2.69. The van der Waals surface area contributed by atoms with E-state index in [0.29, 0.717) is 13.2 Å². The third kappa shape index (κ3) is 2.40. The fraction of sp³-hybridized carbons (Fsp3) is 0.333. The van der Waals surface area contributed by atoms with Crippen molar-refractivity contribution in [2.45, 2.75) is 19.9 Å². The van der Waals surface area contributed by atoms with Gasteiger partial charge in [-0.25, -0.2) is 5.43 Å². The smallest absolute Gasteiger partial charge is 0.161 e. The second kappa shape index (κ2) is 5.44. The number of fused-ring (bicyclic) bond motifs is 1. The standard InChI is InChI=1S/C15H18N2O2S/c1-9-7-14(20-10(9)2)15(17-16)11-3-4-12-13(8-11)19-6-5-18-12/h3-4,7-8,15,17H,5-6,16H2,1-2H3. The van der Waals surface area contributed by atoms with E-state index in [1.165, 1.54) is 15.3 Å². The summed E-state index contributed by atoms with van der Waals surface area (Å²) in [6, 6.07) is 8.14. The Morgan fingerprint density at radius 1 is 1.15 bits per heavy atom. The number of nitrogens with one attached hydrogen (secondary N) is 1. The van der Waals surface area contributed by atoms with Crippen molar-refractivity contribution in [3.8, 4) is 11.5 Å². The van der Waals surface area contributed by atoms with E-state index in [4.69, 9.17) is 15.3 Å². The Morgan fingerprint density at radius 3 is 2.55 bits per heavy atom. The molecule has 0 saturated heterocycles. The van der Waals surface area contributed by atoms with Gasteiger partial charge in [0.15, 0.2) is 11.5 Å². The van der Waals surface area contributed by atoms with Crippen LogP contribution in [0, 0.1) is 13.8 Å². The van der Waals surface area contributed by atoms with Crippen LogP contribution in [-0.4, -0.2) is 13.2 Å². The number of aryl methyl sites for hydroxylation is 2. The van der Waals surface area contributed by atoms with Gasteiger partial charge in [-0.15, -0.1) is 11.3 Å². The molecule has 1 atom stereocenters. The lowest BCUT2D eigenvalue weighted by atomic mass is 10.0. The van der Waals surface area contributed by atoms with Gasteiger partial charge in [-0.3, -0.25) is 5.84 Å². The Kier molecular flexibility index (Phi) is 3.65. The minimum Gasteiger partial charge on any atom is -0.486 e. The number of nitrogens with two attached hydrogens (primary N) is 1. The van der Waals surface area contributed by atoms with E-state index in [1.807, 2.05) is 18.2 Å². The molecule has 3 N–H and O–H groups in total. The van der Waals surface area contributed by atoms with Gasteiger partial charge in [-0.1, -0.05) is 6.07 Å². The van der Waals surface area contributed by atoms with Gasteiger partial charge in [0.05, 0.1) is 6.04 Å². The van der Waals surface area contributed by atoms with E-state index >= 15 is 0 Å². The maximum atomic E-state index is 5.76. The van der Waals surface area contributed by atoms with Crippen molar-refractivity contribution in [1.82, 2.24) is 5.43 Å². The monoisotopic (exact) mass is 290 g/mol. The van der Waals surface area contributed by atoms with Crippen molar-refractivity contribution in [2.24, 2.45) is 5.84 Å². The lowest BCUT2D eigenvalue weighted by Crippen LogP contribution is -2.28. The first-order chi connectivity index (χ1) is 9.69. The lowest BCUT2D eigenvalue weighted by Gasteiger charge is -2.21. The Hall–Kier alpha value is -1.56. The van der Waals surface area contributed by atoms with Crippen molar-refractivity contribution >= 4 is 11.3 Å². The van der Waals surface area contributed by atoms with Crippen LogP contribution in [0.4, 0.5) is 0 Å². The van der Waals surface area contributed by atoms with Crippen LogP contribution >= 0.6 is 11.3 Å². The molecule has 0 fully saturated rings. The zero-order chi connectivity index (χ0) is 14.1. The maximum absolute atomic E-state index is 5.76. The number of hydrogen-bond acceptors (Lipinski definition) is 5. The third-order valence-corrected chi connectivity index (χ3v) is 4.75. The van der Waals surface area contributed by atoms with Gasteiger partial charge in [-0.05, 0) is 43.2 Å². The van der Waals surface area contributed by atoms with Crippen LogP contribution in [0.5, 0.6) is 11.5 Å². The number of thiophene rings is 1. The number of hydrazine groups is 1. The van der Waals surface area contributed by atoms with Crippen LogP contribution in [0.2, 0.25) is 0 Å². The summed E-state index contributed by atoms with van der Waals surface area (Å²) in [4.78, 5) is 2.52. The van der Waals surface area contributed by atoms with Crippen LogP contribution in [-0.2, 0) is 0 Å². The van der Waals surface area contributed by atoms with Crippen LogP contribution in [0.1, 0.15) is 26.9 Å². The minimum absolute atomic E-state index is 0.0248. The summed E-state index contributed by atoms with van der Waals surface area (Å²) in [6.45, 7) is 5.44. The molecular formula is C15H18N2O2S. The molecule has 1 aliphatic heterocycles. The van der Waals surface area contributed by atoms with E-state index in [9.17, 15) is 0 Å². The Labute approximate surface area is 122 Å². The van der Waals surface area contributed by atoms with Gasteiger partial charge in [0, 0.05) is 9.75 Å². The highest BCUT2D eigenvalue weighted by atomic mass is 32.1. The zero-order valence-electron chi connectivity index (χ0n) is 11.6. The van der Waals surface area contributed by atoms with E-state index in [1.54, 1.807) is 11.3 Å². The van der Waals surface area contributed by atoms with Gasteiger partial charge < -0.3 is 9.47 Å². The van der Waals surface area contributed by atoms with E-state index < -0.39 is 0 Å². The second-order valence-electron chi connectivity index (χ2n) is 4.89. The molecule has 0 amide bonds. The van der Waals surface area contributed by atoms with Crippen molar-refractivity contribution < 1.29 is 9.47 Å². The highest BCUT2D eigenvalue weighted by Gasteiger charge is 2.19. The SMILES string of the molecule is Cc1cc(C(NN)c2ccc3c(c2)OCCO3)sc1C. The average Bonchev–Trinajstić information content (AvgIpc) is 2.79. The van der Waals surface area contributed by atoms with E-state index in [0.717, 1.165) is 17.1 Å². The molecule has 0 saturated carbocycles. The zero-order valence-corrected chi connectivity index (χ0v) is 12.4. The predicted molar refractivity (Wildman–Crippen MR) is 80.4 cm³/mol. The Balaban J connectivity index is 1.96. The molecule has 2 aromatic rings. The van der Waals surface area contributed by atoms with Gasteiger partial charge in [0.1, 0.15) is 13.2 Å². The molecule has 0 bridgehead atoms. The second-order valence-corrected chi connectivity index (χ2v) is 6.18. The van der Waals surface area contributed by atoms with Gasteiger partial charge in [0.2, 0.25) is 0 Å². The summed E-state index contributed by atoms with van der Waals surface area (Å²) in [5.74, 6) is 7.35. The number of hydrogen-bond donors (Lipinski definition) is 2. The normalized spacial score (nSPS) is 15.2. The molecule has 106 valence electrons. The first-order valence-electron chi connectivity index (χ1n) is 6.61. The van der Waals surface area contributed by atoms with Crippen LogP contribution in [0.25, 0.3) is 0 Å². The van der Waals surface area contributed by atoms with Gasteiger partial charge >= 0.3 is 0 Å². The molecule has 1 aromatic heterocycles. The topological polar surface area (TPSA) is 56.5 Å². The highest BCUT2D eigenvalue weighted by molar-refractivity contribution is 7.12. The quantitative estimate of drug-likeness (QED) is 0.674. The summed E-state index contributed by atoms with van der Waals surface area (Å²) in [5.41, 5.74) is 5.27. The maximum Gasteiger partial charge on any atom is 0.161 e. The van der Waals surface area contributed by atoms with Crippen LogP contribution < -0.4 is 20.7 Å². The fourth-order valence-corrected chi connectivity index (χ4v) is 3.46. The largest absolute Gasteiger partial charge is 0.486 e. The minimum atomic E-state index is -0.0248. The average molecular weight is 290 g/mol. The molecule has 0 spiro atoms. The first kappa shape index (κ1) is 13.4. The summed E-state index contributed by atoms with van der Waals surface area (Å²) < 4.78 is 11.2. The van der Waals surface area contributed by atoms with E-state index in [2.05, 4.69) is 25.3 Å². The summed E-state index contributed by atoms with van der Waals surface area (Å²) in [7, 11) is 0. The molecule has 4 nitrogen and oxygen atoms in total. The Morgan fingerprint density at radius 2 is 1.90 bits per heavy atom. The van der Waals surface area contributed by atoms with Gasteiger partial charge in [0.25, 0.3) is 0 Å². The molecule has 5 heteroatoms. The van der Waals surface area contributed by atoms with E-state index in [-0.39, 0.29) is 6.04 Å². The molecular weight excluding hydrogens is 272 g/mol. The molecule has 1 aliphatic rings. The van der Waals surface area contributed by atoms with Crippen molar-refractivity contribution in [3.63, 3.8) is 0 Å². The molecule has 2 heterocycles. The number of rotatable bonds is 3. The van der Waals surface area contributed by atoms with Gasteiger partial charge in [-0.2, -0.15) is 0 Å². The molecule has 0 radical (unpaired) electrons. The molecule has 0 aliphatic carbocycles. The van der Waals surface area contributed by atoms with Crippen molar-refractivity contribution in [1.29, 1.82) is 0 Å². The highest BCUT2D eigenvalue weighted by Crippen LogP contribution is 2.36. The fourth-order valence-electron chi connectivity index (χ4n) is 2.33. The number of ether oxygens (including phenoxy) is 2. The first-order valence-corrected chi connectivity index (χ1v) is 7.43. The summed E-state index contributed by atoms with van der Waals surface area (Å²) >= 11 is 1.76. The molecule has 3 rings (SSSR count). The third-order valence-electron chi connectivity index (χ3n) is 3.54. The van der Waals surface area contributed by atoms with Crippen LogP contribution in [0.3, 0.4) is 0 Å². The molecule has 1 unspecified atom stereocenters. The van der Waals surface area contributed by atoms with Crippen LogP contribution in [0.15, 0.2) is 24.3 Å². The van der Waals surface area contributed by atoms with Crippen molar-refractivity contribution in [2.75, 3.05) is 13.2 Å².